The van der Waals surface area contributed by atoms with Crippen molar-refractivity contribution in [2.75, 3.05) is 7.11 Å². The van der Waals surface area contributed by atoms with Gasteiger partial charge < -0.3 is 42.6 Å². The number of nitrogens with zero attached hydrogens (tertiary/aromatic N) is 12. The zero-order valence-corrected chi connectivity index (χ0v) is 43.4. The van der Waals surface area contributed by atoms with Crippen LogP contribution in [0.1, 0.15) is 107 Å². The van der Waals surface area contributed by atoms with Crippen LogP contribution in [-0.2, 0) is 48.9 Å². The van der Waals surface area contributed by atoms with E-state index in [4.69, 9.17) is 32.6 Å². The molecule has 14 rings (SSSR count). The van der Waals surface area contributed by atoms with E-state index in [1.807, 2.05) is 99.9 Å². The van der Waals surface area contributed by atoms with Crippen LogP contribution in [0.25, 0.3) is 44.6 Å². The summed E-state index contributed by atoms with van der Waals surface area (Å²) in [6, 6.07) is 23.2. The zero-order chi connectivity index (χ0) is 54.2. The van der Waals surface area contributed by atoms with Crippen LogP contribution in [-0.4, -0.2) is 86.8 Å². The van der Waals surface area contributed by atoms with E-state index < -0.39 is 22.6 Å². The van der Waals surface area contributed by atoms with Crippen molar-refractivity contribution >= 4 is 21.8 Å². The number of aryl methyl sites for hydroxylation is 5. The Morgan fingerprint density at radius 1 is 0.637 bits per heavy atom. The molecular weight excluding hydrogens is 1020 g/mol. The van der Waals surface area contributed by atoms with E-state index in [0.29, 0.717) is 42.6 Å². The van der Waals surface area contributed by atoms with E-state index in [-0.39, 0.29) is 55.4 Å². The standard InChI is InChI=1S/C27H25N9O4.C27H25N9O3.CH4/c1-14-8-9-18(28-11-14)20-12-29-23(31-20)19-10-16-15-6-4-5-7-17(15)30-22(16)27(33-19,25-34-36(2)26(37)39-25)24-32-21(13-38-3)40-35-24;1-4-36-26(37)38-25(34-36)27(24-30-15(3)39-35-24)22-17(16-7-5-6-8-18(16)31-22)11-20(33-27)23-29-13-21(32-23)19-10-9-14(2)12-28-19;/h4-9,11-12,19,30,33H,10,13H2,1-3H3,(H,29,31);5-10,12-13,20,31,33H,4,11H2,1-3H3,(H,29,32);1H4/t19-,27?;20-,27?;/m11./s1. The Labute approximate surface area is 453 Å². The number of rotatable bonds is 11. The first kappa shape index (κ1) is 51.1. The highest BCUT2D eigenvalue weighted by atomic mass is 16.5. The number of para-hydroxylation sites is 2. The number of aromatic nitrogens is 16. The van der Waals surface area contributed by atoms with Crippen LogP contribution in [0.3, 0.4) is 0 Å². The molecule has 80 heavy (non-hydrogen) atoms. The van der Waals surface area contributed by atoms with Crippen LogP contribution in [0.5, 0.6) is 0 Å². The minimum atomic E-state index is -1.41. The number of fused-ring (bicyclic) bond motifs is 6. The summed E-state index contributed by atoms with van der Waals surface area (Å²) in [4.78, 5) is 66.9. The quantitative estimate of drug-likeness (QED) is 0.0795. The normalized spacial score (nSPS) is 18.7. The molecule has 25 nitrogen and oxygen atoms in total. The molecule has 0 fully saturated rings. The van der Waals surface area contributed by atoms with Gasteiger partial charge in [0.25, 0.3) is 17.7 Å². The minimum absolute atomic E-state index is 0. The molecule has 2 aliphatic heterocycles. The lowest BCUT2D eigenvalue weighted by molar-refractivity contribution is 0.151. The van der Waals surface area contributed by atoms with Gasteiger partial charge in [0.05, 0.1) is 58.6 Å². The fourth-order valence-corrected chi connectivity index (χ4v) is 10.6. The number of pyridine rings is 2. The molecule has 0 amide bonds. The molecule has 0 saturated heterocycles. The van der Waals surface area contributed by atoms with Crippen molar-refractivity contribution in [3.63, 3.8) is 0 Å². The Balaban J connectivity index is 0.000000157. The topological polar surface area (TPSA) is 322 Å². The Bertz CT molecular complexity index is 4320. The van der Waals surface area contributed by atoms with Crippen molar-refractivity contribution in [2.24, 2.45) is 7.05 Å². The number of hydrogen-bond donors (Lipinski definition) is 6. The first-order valence-electron chi connectivity index (χ1n) is 25.4. The number of aromatic amines is 4. The highest BCUT2D eigenvalue weighted by Crippen LogP contribution is 2.47. The summed E-state index contributed by atoms with van der Waals surface area (Å²) in [5, 5.41) is 26.9. The SMILES string of the molecule is C.CCn1nc(C2(c3noc(C)n3)N[C@@H](c3ncc(-c4ccc(C)cn4)[nH]3)Cc3c2[nH]c2ccccc32)oc1=O.COCc1nc(C2(c3nn(C)c(=O)o3)N[C@@H](c3ncc(-c4ccc(C)cn4)[nH]3)Cc3c2[nH]c2ccccc32)no1. The van der Waals surface area contributed by atoms with Gasteiger partial charge in [0, 0.05) is 61.8 Å². The third-order valence-corrected chi connectivity index (χ3v) is 14.4. The van der Waals surface area contributed by atoms with Gasteiger partial charge in [-0.25, -0.2) is 19.6 Å². The van der Waals surface area contributed by atoms with E-state index >= 15 is 0 Å². The summed E-state index contributed by atoms with van der Waals surface area (Å²) in [5.41, 5.74) is 7.76. The predicted octanol–water partition coefficient (Wildman–Crippen LogP) is 6.59. The number of methoxy groups -OCH3 is 1. The van der Waals surface area contributed by atoms with Gasteiger partial charge >= 0.3 is 11.5 Å². The van der Waals surface area contributed by atoms with Gasteiger partial charge in [0.15, 0.2) is 0 Å². The van der Waals surface area contributed by atoms with Crippen LogP contribution >= 0.6 is 0 Å². The van der Waals surface area contributed by atoms with Gasteiger partial charge in [-0.3, -0.25) is 20.6 Å². The summed E-state index contributed by atoms with van der Waals surface area (Å²) in [6.07, 6.45) is 8.32. The lowest BCUT2D eigenvalue weighted by Gasteiger charge is -2.37. The maximum absolute atomic E-state index is 12.7. The first-order valence-corrected chi connectivity index (χ1v) is 25.4. The second-order valence-electron chi connectivity index (χ2n) is 19.5. The van der Waals surface area contributed by atoms with Crippen molar-refractivity contribution in [1.29, 1.82) is 0 Å². The van der Waals surface area contributed by atoms with E-state index in [0.717, 1.165) is 77.2 Å². The first-order chi connectivity index (χ1) is 38.4. The van der Waals surface area contributed by atoms with Crippen LogP contribution in [0.2, 0.25) is 0 Å². The molecule has 2 unspecified atom stereocenters. The third-order valence-electron chi connectivity index (χ3n) is 14.4. The molecule has 0 bridgehead atoms. The lowest BCUT2D eigenvalue weighted by Crippen LogP contribution is -2.52. The second kappa shape index (κ2) is 19.9. The molecule has 0 radical (unpaired) electrons. The Hall–Kier alpha value is -9.72. The number of ether oxygens (including phenoxy) is 1. The van der Waals surface area contributed by atoms with E-state index in [1.54, 1.807) is 26.4 Å². The van der Waals surface area contributed by atoms with Crippen LogP contribution in [0, 0.1) is 20.8 Å². The van der Waals surface area contributed by atoms with Crippen molar-refractivity contribution in [1.82, 2.24) is 90.3 Å². The smallest absolute Gasteiger partial charge is 0.389 e. The monoisotopic (exact) mass is 1080 g/mol. The molecule has 12 heterocycles. The van der Waals surface area contributed by atoms with Crippen molar-refractivity contribution < 1.29 is 22.6 Å². The van der Waals surface area contributed by atoms with Crippen molar-refractivity contribution in [3.05, 3.63) is 199 Å². The molecule has 0 saturated carbocycles. The van der Waals surface area contributed by atoms with Gasteiger partial charge in [0.1, 0.15) is 18.3 Å². The molecule has 4 atom stereocenters. The third kappa shape index (κ3) is 8.45. The lowest BCUT2D eigenvalue weighted by atomic mass is 9.82. The van der Waals surface area contributed by atoms with Gasteiger partial charge in [-0.15, -0.1) is 10.2 Å². The largest absolute Gasteiger partial charge is 0.437 e. The molecule has 2 aromatic carbocycles. The summed E-state index contributed by atoms with van der Waals surface area (Å²) >= 11 is 0. The number of nitrogens with one attached hydrogen (secondary N) is 6. The summed E-state index contributed by atoms with van der Waals surface area (Å²) in [6.45, 7) is 7.99. The van der Waals surface area contributed by atoms with Gasteiger partial charge in [-0.05, 0) is 80.1 Å². The highest BCUT2D eigenvalue weighted by Gasteiger charge is 2.55. The summed E-state index contributed by atoms with van der Waals surface area (Å²) in [5.74, 6) is 1.45. The van der Waals surface area contributed by atoms with E-state index in [2.05, 4.69) is 77.1 Å². The Morgan fingerprint density at radius 2 is 1.16 bits per heavy atom. The van der Waals surface area contributed by atoms with Crippen LogP contribution in [0.15, 0.2) is 125 Å². The fraction of sp³-hybridized carbons (Fsp3) is 0.273. The molecule has 406 valence electrons. The molecule has 6 N–H and O–H groups in total. The van der Waals surface area contributed by atoms with E-state index in [1.165, 1.54) is 11.7 Å². The molecule has 12 aromatic rings. The average molecular weight is 1080 g/mol. The minimum Gasteiger partial charge on any atom is -0.389 e. The summed E-state index contributed by atoms with van der Waals surface area (Å²) in [7, 11) is 3.06. The molecule has 25 heteroatoms. The molecule has 10 aromatic heterocycles. The van der Waals surface area contributed by atoms with Gasteiger partial charge in [0.2, 0.25) is 28.6 Å². The molecular formula is C55H54N18O7. The van der Waals surface area contributed by atoms with Crippen molar-refractivity contribution in [2.45, 2.75) is 84.3 Å². The maximum Gasteiger partial charge on any atom is 0.437 e. The van der Waals surface area contributed by atoms with Crippen LogP contribution in [0.4, 0.5) is 0 Å². The van der Waals surface area contributed by atoms with Gasteiger partial charge in [-0.2, -0.15) is 19.3 Å². The van der Waals surface area contributed by atoms with Crippen molar-refractivity contribution in [3.8, 4) is 22.8 Å². The van der Waals surface area contributed by atoms with E-state index in [9.17, 15) is 9.59 Å². The van der Waals surface area contributed by atoms with Gasteiger partial charge in [-0.1, -0.05) is 66.3 Å². The zero-order valence-electron chi connectivity index (χ0n) is 43.4. The Kier molecular flexibility index (Phi) is 12.7. The number of hydrogen-bond acceptors (Lipinski definition) is 19. The second-order valence-corrected chi connectivity index (χ2v) is 19.5. The highest BCUT2D eigenvalue weighted by molar-refractivity contribution is 5.87. The number of H-pyrrole nitrogens is 4. The fourth-order valence-electron chi connectivity index (χ4n) is 10.6. The predicted molar refractivity (Wildman–Crippen MR) is 288 cm³/mol. The molecule has 0 aliphatic carbocycles. The number of benzene rings is 2. The number of imidazole rings is 2. The van der Waals surface area contributed by atoms with Crippen LogP contribution < -0.4 is 22.1 Å². The maximum atomic E-state index is 12.7. The Morgan fingerprint density at radius 3 is 1.64 bits per heavy atom. The summed E-state index contributed by atoms with van der Waals surface area (Å²) < 4.78 is 30.1. The average Bonchev–Trinajstić information content (AvgIpc) is 4.52. The molecule has 2 aliphatic rings. The molecule has 0 spiro atoms.